The van der Waals surface area contributed by atoms with Gasteiger partial charge < -0.3 is 5.32 Å². The topological polar surface area (TPSA) is 46.9 Å². The molecule has 0 radical (unpaired) electrons. The second-order valence-electron chi connectivity index (χ2n) is 6.41. The van der Waals surface area contributed by atoms with Gasteiger partial charge in [-0.2, -0.15) is 5.10 Å². The van der Waals surface area contributed by atoms with Gasteiger partial charge in [-0.05, 0) is 48.1 Å². The molecule has 0 atom stereocenters. The fourth-order valence-electron chi connectivity index (χ4n) is 3.68. The number of carbonyl (C=O) groups excluding carboxylic acids is 1. The number of aromatic nitrogens is 2. The normalized spacial score (nSPS) is 13.7. The van der Waals surface area contributed by atoms with Crippen molar-refractivity contribution in [2.75, 3.05) is 0 Å². The molecule has 3 aromatic rings. The van der Waals surface area contributed by atoms with Crippen molar-refractivity contribution in [2.45, 2.75) is 32.2 Å². The molecular formula is C20H21N3O. The lowest BCUT2D eigenvalue weighted by Gasteiger charge is -2.13. The van der Waals surface area contributed by atoms with Crippen LogP contribution in [0.3, 0.4) is 0 Å². The number of hydrogen-bond donors (Lipinski definition) is 1. The van der Waals surface area contributed by atoms with Crippen LogP contribution in [0.4, 0.5) is 0 Å². The third-order valence-corrected chi connectivity index (χ3v) is 4.90. The Hall–Kier alpha value is -2.62. The van der Waals surface area contributed by atoms with Crippen LogP contribution in [0.25, 0.3) is 10.8 Å². The van der Waals surface area contributed by atoms with Crippen LogP contribution in [0.1, 0.15) is 40.2 Å². The van der Waals surface area contributed by atoms with E-state index in [0.717, 1.165) is 34.9 Å². The van der Waals surface area contributed by atoms with Crippen LogP contribution in [-0.4, -0.2) is 15.7 Å². The summed E-state index contributed by atoms with van der Waals surface area (Å²) in [4.78, 5) is 12.7. The van der Waals surface area contributed by atoms with Crippen molar-refractivity contribution >= 4 is 16.7 Å². The molecule has 1 aromatic heterocycles. The highest BCUT2D eigenvalue weighted by Crippen LogP contribution is 2.24. The summed E-state index contributed by atoms with van der Waals surface area (Å²) in [6.07, 6.45) is 4.61. The van der Waals surface area contributed by atoms with Crippen LogP contribution in [0.15, 0.2) is 42.5 Å². The Morgan fingerprint density at radius 1 is 1.12 bits per heavy atom. The largest absolute Gasteiger partial charge is 0.346 e. The molecule has 0 aliphatic heterocycles. The highest BCUT2D eigenvalue weighted by Gasteiger charge is 2.19. The molecule has 1 amide bonds. The smallest absolute Gasteiger partial charge is 0.252 e. The van der Waals surface area contributed by atoms with E-state index >= 15 is 0 Å². The van der Waals surface area contributed by atoms with E-state index in [1.54, 1.807) is 0 Å². The molecule has 4 heteroatoms. The molecule has 1 heterocycles. The third-order valence-electron chi connectivity index (χ3n) is 4.90. The van der Waals surface area contributed by atoms with Crippen molar-refractivity contribution in [3.05, 3.63) is 65.0 Å². The van der Waals surface area contributed by atoms with Gasteiger partial charge in [-0.15, -0.1) is 0 Å². The standard InChI is InChI=1S/C20H21N3O/c1-23-19-12-5-4-10-17(19)18(22-23)13-21-20(24)16-11-6-8-14-7-2-3-9-15(14)16/h2-3,6-9,11H,4-5,10,12-13H2,1H3,(H,21,24). The minimum atomic E-state index is -0.0398. The van der Waals surface area contributed by atoms with E-state index in [0.29, 0.717) is 6.54 Å². The molecular weight excluding hydrogens is 298 g/mol. The van der Waals surface area contributed by atoms with Crippen LogP contribution in [0.5, 0.6) is 0 Å². The molecule has 4 rings (SSSR count). The Morgan fingerprint density at radius 2 is 1.92 bits per heavy atom. The van der Waals surface area contributed by atoms with E-state index in [-0.39, 0.29) is 5.91 Å². The summed E-state index contributed by atoms with van der Waals surface area (Å²) in [5.41, 5.74) is 4.40. The third kappa shape index (κ3) is 2.58. The maximum Gasteiger partial charge on any atom is 0.252 e. The molecule has 1 N–H and O–H groups in total. The molecule has 0 bridgehead atoms. The van der Waals surface area contributed by atoms with Crippen molar-refractivity contribution in [2.24, 2.45) is 7.05 Å². The van der Waals surface area contributed by atoms with Gasteiger partial charge in [0, 0.05) is 18.3 Å². The fraction of sp³-hybridized carbons (Fsp3) is 0.300. The van der Waals surface area contributed by atoms with Gasteiger partial charge in [0.1, 0.15) is 0 Å². The molecule has 1 aliphatic carbocycles. The summed E-state index contributed by atoms with van der Waals surface area (Å²) in [5, 5.41) is 9.75. The molecule has 0 unspecified atom stereocenters. The van der Waals surface area contributed by atoms with E-state index in [2.05, 4.69) is 10.4 Å². The minimum absolute atomic E-state index is 0.0398. The van der Waals surface area contributed by atoms with Gasteiger partial charge in [-0.3, -0.25) is 9.48 Å². The van der Waals surface area contributed by atoms with Crippen molar-refractivity contribution in [3.63, 3.8) is 0 Å². The van der Waals surface area contributed by atoms with Crippen LogP contribution in [0.2, 0.25) is 0 Å². The quantitative estimate of drug-likeness (QED) is 0.804. The molecule has 1 aliphatic rings. The molecule has 122 valence electrons. The number of nitrogens with one attached hydrogen (secondary N) is 1. The monoisotopic (exact) mass is 319 g/mol. The van der Waals surface area contributed by atoms with Gasteiger partial charge in [-0.1, -0.05) is 36.4 Å². The SMILES string of the molecule is Cn1nc(CNC(=O)c2cccc3ccccc23)c2c1CCCC2. The van der Waals surface area contributed by atoms with E-state index in [4.69, 9.17) is 0 Å². The van der Waals surface area contributed by atoms with Gasteiger partial charge in [0.05, 0.1) is 12.2 Å². The zero-order valence-corrected chi connectivity index (χ0v) is 13.9. The number of carbonyl (C=O) groups is 1. The van der Waals surface area contributed by atoms with Crippen LogP contribution >= 0.6 is 0 Å². The maximum atomic E-state index is 12.7. The minimum Gasteiger partial charge on any atom is -0.346 e. The lowest BCUT2D eigenvalue weighted by atomic mass is 9.95. The number of nitrogens with zero attached hydrogens (tertiary/aromatic N) is 2. The summed E-state index contributed by atoms with van der Waals surface area (Å²) in [7, 11) is 2.00. The summed E-state index contributed by atoms with van der Waals surface area (Å²) in [5.74, 6) is -0.0398. The van der Waals surface area contributed by atoms with E-state index < -0.39 is 0 Å². The van der Waals surface area contributed by atoms with Crippen LogP contribution < -0.4 is 5.32 Å². The lowest BCUT2D eigenvalue weighted by Crippen LogP contribution is -2.24. The molecule has 0 saturated carbocycles. The fourth-order valence-corrected chi connectivity index (χ4v) is 3.68. The molecule has 2 aromatic carbocycles. The first kappa shape index (κ1) is 14.9. The zero-order valence-electron chi connectivity index (χ0n) is 13.9. The van der Waals surface area contributed by atoms with Gasteiger partial charge in [-0.25, -0.2) is 0 Å². The summed E-state index contributed by atoms with van der Waals surface area (Å²) in [6.45, 7) is 0.491. The Balaban J connectivity index is 1.57. The average molecular weight is 319 g/mol. The van der Waals surface area contributed by atoms with Crippen molar-refractivity contribution in [1.82, 2.24) is 15.1 Å². The molecule has 4 nitrogen and oxygen atoms in total. The molecule has 0 fully saturated rings. The Labute approximate surface area is 141 Å². The first-order valence-corrected chi connectivity index (χ1v) is 8.53. The first-order chi connectivity index (χ1) is 11.7. The first-order valence-electron chi connectivity index (χ1n) is 8.53. The summed E-state index contributed by atoms with van der Waals surface area (Å²) in [6, 6.07) is 13.8. The van der Waals surface area contributed by atoms with Crippen LogP contribution in [-0.2, 0) is 26.4 Å². The summed E-state index contributed by atoms with van der Waals surface area (Å²) < 4.78 is 1.98. The Morgan fingerprint density at radius 3 is 2.83 bits per heavy atom. The van der Waals surface area contributed by atoms with E-state index in [9.17, 15) is 4.79 Å². The highest BCUT2D eigenvalue weighted by atomic mass is 16.1. The van der Waals surface area contributed by atoms with Gasteiger partial charge >= 0.3 is 0 Å². The number of benzene rings is 2. The highest BCUT2D eigenvalue weighted by molar-refractivity contribution is 6.06. The van der Waals surface area contributed by atoms with Crippen molar-refractivity contribution in [3.8, 4) is 0 Å². The van der Waals surface area contributed by atoms with Gasteiger partial charge in [0.2, 0.25) is 0 Å². The average Bonchev–Trinajstić information content (AvgIpc) is 2.95. The lowest BCUT2D eigenvalue weighted by molar-refractivity contribution is 0.0952. The molecule has 24 heavy (non-hydrogen) atoms. The van der Waals surface area contributed by atoms with E-state index in [1.165, 1.54) is 24.1 Å². The number of fused-ring (bicyclic) bond motifs is 2. The summed E-state index contributed by atoms with van der Waals surface area (Å²) >= 11 is 0. The second-order valence-corrected chi connectivity index (χ2v) is 6.41. The Kier molecular flexibility index (Phi) is 3.81. The number of amides is 1. The Bertz CT molecular complexity index is 905. The molecule has 0 spiro atoms. The van der Waals surface area contributed by atoms with Crippen LogP contribution in [0, 0.1) is 0 Å². The number of hydrogen-bond acceptors (Lipinski definition) is 2. The van der Waals surface area contributed by atoms with Gasteiger partial charge in [0.15, 0.2) is 0 Å². The predicted molar refractivity (Wildman–Crippen MR) is 95.0 cm³/mol. The van der Waals surface area contributed by atoms with Gasteiger partial charge in [0.25, 0.3) is 5.91 Å². The molecule has 0 saturated heterocycles. The van der Waals surface area contributed by atoms with Crippen molar-refractivity contribution in [1.29, 1.82) is 0 Å². The van der Waals surface area contributed by atoms with Crippen molar-refractivity contribution < 1.29 is 4.79 Å². The second kappa shape index (κ2) is 6.11. The number of rotatable bonds is 3. The zero-order chi connectivity index (χ0) is 16.5. The number of aryl methyl sites for hydroxylation is 1. The predicted octanol–water partition coefficient (Wildman–Crippen LogP) is 3.38. The maximum absolute atomic E-state index is 12.7. The van der Waals surface area contributed by atoms with E-state index in [1.807, 2.05) is 54.2 Å².